The normalized spacial score (nSPS) is 17.8. The zero-order chi connectivity index (χ0) is 23.9. The largest absolute Gasteiger partial charge is 0.379 e. The summed E-state index contributed by atoms with van der Waals surface area (Å²) >= 11 is 0. The molecule has 1 aromatic heterocycles. The van der Waals surface area contributed by atoms with Gasteiger partial charge in [0.05, 0.1) is 25.5 Å². The number of hydrogen-bond acceptors (Lipinski definition) is 4. The number of benzene rings is 2. The summed E-state index contributed by atoms with van der Waals surface area (Å²) in [4.78, 5) is 17.5. The van der Waals surface area contributed by atoms with E-state index in [1.165, 1.54) is 5.56 Å². The van der Waals surface area contributed by atoms with E-state index in [-0.39, 0.29) is 5.91 Å². The first-order valence-electron chi connectivity index (χ1n) is 12.7. The molecule has 0 spiro atoms. The summed E-state index contributed by atoms with van der Waals surface area (Å²) in [6, 6.07) is 20.5. The molecule has 2 aromatic carbocycles. The molecule has 3 heterocycles. The van der Waals surface area contributed by atoms with E-state index in [2.05, 4.69) is 29.2 Å². The number of piperidine rings is 1. The second-order valence-corrected chi connectivity index (χ2v) is 9.50. The minimum absolute atomic E-state index is 0.0876. The van der Waals surface area contributed by atoms with Crippen LogP contribution in [0.15, 0.2) is 72.9 Å². The summed E-state index contributed by atoms with van der Waals surface area (Å²) in [5.41, 5.74) is 4.11. The Morgan fingerprint density at radius 2 is 1.63 bits per heavy atom. The number of aromatic nitrogens is 2. The van der Waals surface area contributed by atoms with Gasteiger partial charge in [-0.1, -0.05) is 60.7 Å². The fraction of sp³-hybridized carbons (Fsp3) is 0.379. The predicted octanol–water partition coefficient (Wildman–Crippen LogP) is 4.18. The Labute approximate surface area is 207 Å². The highest BCUT2D eigenvalue weighted by Gasteiger charge is 2.24. The molecule has 0 bridgehead atoms. The maximum atomic E-state index is 13.0. The van der Waals surface area contributed by atoms with Crippen molar-refractivity contribution >= 4 is 12.0 Å². The number of ether oxygens (including phenoxy) is 1. The number of hydrogen-bond donors (Lipinski definition) is 0. The monoisotopic (exact) mass is 470 g/mol. The first-order chi connectivity index (χ1) is 17.2. The summed E-state index contributed by atoms with van der Waals surface area (Å²) in [6.07, 6.45) is 7.83. The molecule has 0 aliphatic carbocycles. The van der Waals surface area contributed by atoms with Gasteiger partial charge in [0.15, 0.2) is 0 Å². The number of nitrogens with zero attached hydrogens (tertiary/aromatic N) is 4. The van der Waals surface area contributed by atoms with Gasteiger partial charge in [0.1, 0.15) is 0 Å². The zero-order valence-electron chi connectivity index (χ0n) is 20.3. The van der Waals surface area contributed by atoms with E-state index in [0.717, 1.165) is 75.6 Å². The molecular formula is C29H34N4O2. The molecule has 6 nitrogen and oxygen atoms in total. The van der Waals surface area contributed by atoms with Gasteiger partial charge in [-0.05, 0) is 30.4 Å². The summed E-state index contributed by atoms with van der Waals surface area (Å²) in [5.74, 6) is 0.756. The van der Waals surface area contributed by atoms with Crippen LogP contribution in [0.4, 0.5) is 0 Å². The molecule has 0 unspecified atom stereocenters. The van der Waals surface area contributed by atoms with Crippen LogP contribution in [0.2, 0.25) is 0 Å². The van der Waals surface area contributed by atoms with Gasteiger partial charge < -0.3 is 9.64 Å². The van der Waals surface area contributed by atoms with Crippen LogP contribution in [0, 0.1) is 5.92 Å². The van der Waals surface area contributed by atoms with Crippen molar-refractivity contribution in [2.45, 2.75) is 19.4 Å². The fourth-order valence-electron chi connectivity index (χ4n) is 4.98. The highest BCUT2D eigenvalue weighted by Crippen LogP contribution is 2.24. The Bertz CT molecular complexity index is 1110. The van der Waals surface area contributed by atoms with Crippen LogP contribution in [0.3, 0.4) is 0 Å². The summed E-state index contributed by atoms with van der Waals surface area (Å²) in [6.45, 7) is 7.23. The highest BCUT2D eigenvalue weighted by molar-refractivity contribution is 5.92. The van der Waals surface area contributed by atoms with Gasteiger partial charge in [-0.2, -0.15) is 5.10 Å². The van der Waals surface area contributed by atoms with Gasteiger partial charge in [-0.3, -0.25) is 14.4 Å². The number of carbonyl (C=O) groups excluding carboxylic acids is 1. The molecule has 6 heteroatoms. The van der Waals surface area contributed by atoms with Crippen molar-refractivity contribution in [3.8, 4) is 11.3 Å². The van der Waals surface area contributed by atoms with Crippen LogP contribution in [-0.4, -0.2) is 71.4 Å². The Morgan fingerprint density at radius 3 is 2.34 bits per heavy atom. The van der Waals surface area contributed by atoms with E-state index in [9.17, 15) is 4.79 Å². The van der Waals surface area contributed by atoms with Crippen LogP contribution in [0.5, 0.6) is 0 Å². The minimum atomic E-state index is 0.0876. The van der Waals surface area contributed by atoms with Gasteiger partial charge in [-0.25, -0.2) is 0 Å². The standard InChI is InChI=1S/C29H34N4O2/c34-28(32-15-13-25(14-16-32)21-31-17-19-35-20-18-31)12-11-27-23-33(22-24-7-3-1-4-8-24)30-29(27)26-9-5-2-6-10-26/h1-12,23,25H,13-22H2. The number of carbonyl (C=O) groups is 1. The summed E-state index contributed by atoms with van der Waals surface area (Å²) < 4.78 is 7.42. The molecule has 0 saturated carbocycles. The van der Waals surface area contributed by atoms with Crippen LogP contribution in [0.1, 0.15) is 24.0 Å². The lowest BCUT2D eigenvalue weighted by molar-refractivity contribution is -0.127. The van der Waals surface area contributed by atoms with E-state index >= 15 is 0 Å². The molecule has 3 aromatic rings. The fourth-order valence-corrected chi connectivity index (χ4v) is 4.98. The van der Waals surface area contributed by atoms with E-state index in [1.54, 1.807) is 6.08 Å². The van der Waals surface area contributed by atoms with Gasteiger partial charge in [0.25, 0.3) is 0 Å². The molecule has 0 radical (unpaired) electrons. The molecule has 1 amide bonds. The number of morpholine rings is 1. The third-order valence-electron chi connectivity index (χ3n) is 6.98. The van der Waals surface area contributed by atoms with Crippen molar-refractivity contribution in [3.63, 3.8) is 0 Å². The van der Waals surface area contributed by atoms with Crippen LogP contribution in [0.25, 0.3) is 17.3 Å². The van der Waals surface area contributed by atoms with E-state index in [0.29, 0.717) is 12.5 Å². The maximum Gasteiger partial charge on any atom is 0.246 e. The molecule has 2 aliphatic heterocycles. The van der Waals surface area contributed by atoms with Crippen molar-refractivity contribution in [1.29, 1.82) is 0 Å². The lowest BCUT2D eigenvalue weighted by Gasteiger charge is -2.35. The predicted molar refractivity (Wildman–Crippen MR) is 139 cm³/mol. The van der Waals surface area contributed by atoms with Crippen molar-refractivity contribution in [2.75, 3.05) is 45.9 Å². The first-order valence-corrected chi connectivity index (χ1v) is 12.7. The van der Waals surface area contributed by atoms with Gasteiger partial charge >= 0.3 is 0 Å². The third-order valence-corrected chi connectivity index (χ3v) is 6.98. The van der Waals surface area contributed by atoms with Crippen LogP contribution >= 0.6 is 0 Å². The Kier molecular flexibility index (Phi) is 7.71. The number of likely N-dealkylation sites (tertiary alicyclic amines) is 1. The average Bonchev–Trinajstić information content (AvgIpc) is 3.32. The van der Waals surface area contributed by atoms with Crippen LogP contribution in [-0.2, 0) is 16.1 Å². The Balaban J connectivity index is 1.24. The summed E-state index contributed by atoms with van der Waals surface area (Å²) in [5, 5.41) is 4.86. The van der Waals surface area contributed by atoms with Crippen LogP contribution < -0.4 is 0 Å². The second-order valence-electron chi connectivity index (χ2n) is 9.50. The third kappa shape index (κ3) is 6.27. The first kappa shape index (κ1) is 23.5. The Hall–Kier alpha value is -3.22. The lowest BCUT2D eigenvalue weighted by Crippen LogP contribution is -2.43. The van der Waals surface area contributed by atoms with Crippen molar-refractivity contribution < 1.29 is 9.53 Å². The second kappa shape index (κ2) is 11.5. The Morgan fingerprint density at radius 1 is 0.943 bits per heavy atom. The molecular weight excluding hydrogens is 436 g/mol. The topological polar surface area (TPSA) is 50.6 Å². The SMILES string of the molecule is O=C(C=Cc1cn(Cc2ccccc2)nc1-c1ccccc1)N1CCC(CN2CCOCC2)CC1. The minimum Gasteiger partial charge on any atom is -0.379 e. The molecule has 0 atom stereocenters. The molecule has 5 rings (SSSR count). The van der Waals surface area contributed by atoms with E-state index in [4.69, 9.17) is 9.84 Å². The van der Waals surface area contributed by atoms with Crippen molar-refractivity contribution in [2.24, 2.45) is 5.92 Å². The molecule has 0 N–H and O–H groups in total. The molecule has 2 aliphatic rings. The van der Waals surface area contributed by atoms with Crippen molar-refractivity contribution in [3.05, 3.63) is 84.1 Å². The number of rotatable bonds is 7. The van der Waals surface area contributed by atoms with Gasteiger partial charge in [-0.15, -0.1) is 0 Å². The average molecular weight is 471 g/mol. The highest BCUT2D eigenvalue weighted by atomic mass is 16.5. The maximum absolute atomic E-state index is 13.0. The summed E-state index contributed by atoms with van der Waals surface area (Å²) in [7, 11) is 0. The molecule has 2 saturated heterocycles. The number of amides is 1. The van der Waals surface area contributed by atoms with Gasteiger partial charge in [0.2, 0.25) is 5.91 Å². The van der Waals surface area contributed by atoms with E-state index in [1.807, 2.05) is 58.3 Å². The van der Waals surface area contributed by atoms with E-state index < -0.39 is 0 Å². The molecule has 35 heavy (non-hydrogen) atoms. The van der Waals surface area contributed by atoms with Gasteiger partial charge in [0, 0.05) is 56.1 Å². The van der Waals surface area contributed by atoms with Crippen molar-refractivity contribution in [1.82, 2.24) is 19.6 Å². The zero-order valence-corrected chi connectivity index (χ0v) is 20.3. The quantitative estimate of drug-likeness (QED) is 0.486. The smallest absolute Gasteiger partial charge is 0.246 e. The molecule has 2 fully saturated rings. The lowest BCUT2D eigenvalue weighted by atomic mass is 9.96. The molecule has 182 valence electrons.